The van der Waals surface area contributed by atoms with Crippen molar-refractivity contribution in [2.75, 3.05) is 57.9 Å². The Kier molecular flexibility index (Phi) is 6.74. The molecule has 5 rings (SSSR count). The Labute approximate surface area is 203 Å². The molecule has 3 aromatic carbocycles. The van der Waals surface area contributed by atoms with Crippen LogP contribution in [0.3, 0.4) is 0 Å². The molecule has 8 heteroatoms. The van der Waals surface area contributed by atoms with E-state index in [9.17, 15) is 14.4 Å². The second-order valence-corrected chi connectivity index (χ2v) is 8.59. The van der Waals surface area contributed by atoms with Gasteiger partial charge >= 0.3 is 0 Å². The minimum absolute atomic E-state index is 0.189. The van der Waals surface area contributed by atoms with Crippen molar-refractivity contribution in [1.29, 1.82) is 0 Å². The number of hydrogen-bond donors (Lipinski definition) is 1. The van der Waals surface area contributed by atoms with Crippen molar-refractivity contribution >= 4 is 34.2 Å². The molecular weight excluding hydrogens is 446 g/mol. The lowest BCUT2D eigenvalue weighted by atomic mass is 10.0. The Bertz CT molecular complexity index is 1210. The third-order valence-electron chi connectivity index (χ3n) is 6.32. The van der Waals surface area contributed by atoms with Gasteiger partial charge < -0.3 is 24.6 Å². The predicted octanol–water partition coefficient (Wildman–Crippen LogP) is 3.04. The average Bonchev–Trinajstić information content (AvgIpc) is 2.92. The number of carbonyl (C=O) groups is 3. The summed E-state index contributed by atoms with van der Waals surface area (Å²) in [6.07, 6.45) is 0. The van der Waals surface area contributed by atoms with Crippen LogP contribution in [0.25, 0.3) is 10.8 Å². The van der Waals surface area contributed by atoms with Crippen LogP contribution in [0, 0.1) is 0 Å². The van der Waals surface area contributed by atoms with E-state index in [1.807, 2.05) is 36.4 Å². The number of nitrogens with one attached hydrogen (secondary N) is 1. The third-order valence-corrected chi connectivity index (χ3v) is 6.32. The second kappa shape index (κ2) is 10.2. The summed E-state index contributed by atoms with van der Waals surface area (Å²) in [5, 5.41) is 4.71. The number of hydrogen-bond acceptors (Lipinski definition) is 5. The quantitative estimate of drug-likeness (QED) is 0.629. The number of carbonyl (C=O) groups excluding carboxylic acids is 3. The van der Waals surface area contributed by atoms with Crippen LogP contribution in [0.2, 0.25) is 0 Å². The van der Waals surface area contributed by atoms with Gasteiger partial charge in [-0.1, -0.05) is 36.4 Å². The molecule has 2 aliphatic rings. The summed E-state index contributed by atoms with van der Waals surface area (Å²) in [5.41, 5.74) is 1.64. The van der Waals surface area contributed by atoms with Gasteiger partial charge in [-0.15, -0.1) is 0 Å². The molecular formula is C27H27N3O5. The highest BCUT2D eigenvalue weighted by Gasteiger charge is 2.24. The Morgan fingerprint density at radius 2 is 1.23 bits per heavy atom. The zero-order valence-corrected chi connectivity index (χ0v) is 19.4. The minimum atomic E-state index is -0.303. The van der Waals surface area contributed by atoms with Gasteiger partial charge in [0.05, 0.1) is 26.4 Å². The summed E-state index contributed by atoms with van der Waals surface area (Å²) in [4.78, 5) is 43.2. The molecule has 0 radical (unpaired) electrons. The third kappa shape index (κ3) is 5.03. The summed E-state index contributed by atoms with van der Waals surface area (Å²) in [6, 6.07) is 18.1. The van der Waals surface area contributed by atoms with Gasteiger partial charge in [0.15, 0.2) is 0 Å². The number of rotatable bonds is 4. The maximum absolute atomic E-state index is 13.3. The molecule has 2 saturated heterocycles. The SMILES string of the molecule is O=C(Nc1cc(C(=O)N2CCOCC2)cc(C(=O)N2CCOCC2)c1)c1cccc2ccccc12. The van der Waals surface area contributed by atoms with E-state index in [1.54, 1.807) is 34.1 Å². The maximum atomic E-state index is 13.3. The number of amides is 3. The van der Waals surface area contributed by atoms with Crippen molar-refractivity contribution in [2.24, 2.45) is 0 Å². The first-order valence-electron chi connectivity index (χ1n) is 11.8. The molecule has 2 aliphatic heterocycles. The van der Waals surface area contributed by atoms with Crippen LogP contribution in [0.5, 0.6) is 0 Å². The van der Waals surface area contributed by atoms with Crippen molar-refractivity contribution in [1.82, 2.24) is 9.80 Å². The highest BCUT2D eigenvalue weighted by atomic mass is 16.5. The molecule has 180 valence electrons. The smallest absolute Gasteiger partial charge is 0.256 e. The normalized spacial score (nSPS) is 16.2. The molecule has 0 bridgehead atoms. The molecule has 3 aromatic rings. The highest BCUT2D eigenvalue weighted by molar-refractivity contribution is 6.13. The zero-order valence-electron chi connectivity index (χ0n) is 19.4. The Morgan fingerprint density at radius 3 is 1.83 bits per heavy atom. The van der Waals surface area contributed by atoms with Gasteiger partial charge in [-0.25, -0.2) is 0 Å². The molecule has 0 spiro atoms. The molecule has 0 unspecified atom stereocenters. The number of ether oxygens (including phenoxy) is 2. The molecule has 0 atom stereocenters. The highest BCUT2D eigenvalue weighted by Crippen LogP contribution is 2.23. The Hall–Kier alpha value is -3.75. The van der Waals surface area contributed by atoms with E-state index in [4.69, 9.17) is 9.47 Å². The lowest BCUT2D eigenvalue weighted by Gasteiger charge is -2.28. The molecule has 0 saturated carbocycles. The predicted molar refractivity (Wildman–Crippen MR) is 132 cm³/mol. The molecule has 2 fully saturated rings. The summed E-state index contributed by atoms with van der Waals surface area (Å²) in [7, 11) is 0. The van der Waals surface area contributed by atoms with Crippen molar-refractivity contribution in [3.05, 3.63) is 77.4 Å². The van der Waals surface area contributed by atoms with Crippen LogP contribution in [-0.2, 0) is 9.47 Å². The Morgan fingerprint density at radius 1 is 0.686 bits per heavy atom. The van der Waals surface area contributed by atoms with E-state index in [1.165, 1.54) is 0 Å². The van der Waals surface area contributed by atoms with Gasteiger partial charge in [-0.05, 0) is 35.0 Å². The van der Waals surface area contributed by atoms with E-state index in [0.29, 0.717) is 75.0 Å². The minimum Gasteiger partial charge on any atom is -0.378 e. The van der Waals surface area contributed by atoms with Crippen LogP contribution in [0.4, 0.5) is 5.69 Å². The first-order valence-corrected chi connectivity index (χ1v) is 11.8. The largest absolute Gasteiger partial charge is 0.378 e. The summed E-state index contributed by atoms with van der Waals surface area (Å²) in [5.74, 6) is -0.682. The van der Waals surface area contributed by atoms with Crippen molar-refractivity contribution in [2.45, 2.75) is 0 Å². The maximum Gasteiger partial charge on any atom is 0.256 e. The molecule has 0 aliphatic carbocycles. The second-order valence-electron chi connectivity index (χ2n) is 8.59. The van der Waals surface area contributed by atoms with Crippen molar-refractivity contribution in [3.63, 3.8) is 0 Å². The van der Waals surface area contributed by atoms with Gasteiger partial charge in [0, 0.05) is 48.6 Å². The number of benzene rings is 3. The number of anilines is 1. The summed E-state index contributed by atoms with van der Waals surface area (Å²) in [6.45, 7) is 3.84. The first-order chi connectivity index (χ1) is 17.1. The van der Waals surface area contributed by atoms with E-state index in [2.05, 4.69) is 5.32 Å². The lowest BCUT2D eigenvalue weighted by Crippen LogP contribution is -2.41. The molecule has 1 N–H and O–H groups in total. The van der Waals surface area contributed by atoms with Crippen LogP contribution in [0.1, 0.15) is 31.1 Å². The van der Waals surface area contributed by atoms with E-state index in [-0.39, 0.29) is 17.7 Å². The monoisotopic (exact) mass is 473 g/mol. The van der Waals surface area contributed by atoms with Crippen LogP contribution < -0.4 is 5.32 Å². The van der Waals surface area contributed by atoms with Crippen LogP contribution >= 0.6 is 0 Å². The molecule has 2 heterocycles. The van der Waals surface area contributed by atoms with Gasteiger partial charge in [-0.2, -0.15) is 0 Å². The standard InChI is InChI=1S/C27H27N3O5/c31-25(24-7-3-5-19-4-1-2-6-23(19)24)28-22-17-20(26(32)29-8-12-34-13-9-29)16-21(18-22)27(33)30-10-14-35-15-11-30/h1-7,16-18H,8-15H2,(H,28,31). The molecule has 35 heavy (non-hydrogen) atoms. The van der Waals surface area contributed by atoms with Gasteiger partial charge in [-0.3, -0.25) is 14.4 Å². The first kappa shape index (κ1) is 23.0. The number of fused-ring (bicyclic) bond motifs is 1. The van der Waals surface area contributed by atoms with E-state index >= 15 is 0 Å². The number of nitrogens with zero attached hydrogens (tertiary/aromatic N) is 2. The van der Waals surface area contributed by atoms with E-state index in [0.717, 1.165) is 10.8 Å². The fourth-order valence-corrected chi connectivity index (χ4v) is 4.47. The number of morpholine rings is 2. The van der Waals surface area contributed by atoms with E-state index < -0.39 is 0 Å². The average molecular weight is 474 g/mol. The summed E-state index contributed by atoms with van der Waals surface area (Å²) < 4.78 is 10.7. The Balaban J connectivity index is 1.48. The molecule has 0 aromatic heterocycles. The fraction of sp³-hybridized carbons (Fsp3) is 0.296. The lowest BCUT2D eigenvalue weighted by molar-refractivity contribution is 0.0298. The van der Waals surface area contributed by atoms with Gasteiger partial charge in [0.2, 0.25) is 0 Å². The summed E-state index contributed by atoms with van der Waals surface area (Å²) >= 11 is 0. The van der Waals surface area contributed by atoms with Crippen molar-refractivity contribution < 1.29 is 23.9 Å². The topological polar surface area (TPSA) is 88.2 Å². The van der Waals surface area contributed by atoms with Gasteiger partial charge in [0.25, 0.3) is 17.7 Å². The molecule has 8 nitrogen and oxygen atoms in total. The zero-order chi connectivity index (χ0) is 24.2. The fourth-order valence-electron chi connectivity index (χ4n) is 4.47. The van der Waals surface area contributed by atoms with Crippen LogP contribution in [0.15, 0.2) is 60.7 Å². The van der Waals surface area contributed by atoms with Crippen LogP contribution in [-0.4, -0.2) is 80.1 Å². The van der Waals surface area contributed by atoms with Crippen molar-refractivity contribution in [3.8, 4) is 0 Å². The van der Waals surface area contributed by atoms with Gasteiger partial charge in [0.1, 0.15) is 0 Å². The molecule has 3 amide bonds.